The molecule has 5 rings (SSSR count). The Morgan fingerprint density at radius 3 is 2.77 bits per heavy atom. The molecule has 0 spiro atoms. The number of rotatable bonds is 5. The molecule has 0 radical (unpaired) electrons. The SMILES string of the molecule is Nc1ccccc1NC(=O)c1ccc(Nc2nccc(-c3cnc4ccccn34)n2)s1. The average Bonchev–Trinajstić information content (AvgIpc) is 3.43. The first-order chi connectivity index (χ1) is 15.2. The summed E-state index contributed by atoms with van der Waals surface area (Å²) in [5.74, 6) is 0.209. The molecule has 0 fully saturated rings. The first-order valence-electron chi connectivity index (χ1n) is 9.45. The Morgan fingerprint density at radius 1 is 1.00 bits per heavy atom. The molecule has 4 heterocycles. The standard InChI is InChI=1S/C22H17N7OS/c23-14-5-1-2-6-15(14)26-21(30)18-8-9-20(31-18)28-22-24-11-10-16(27-22)17-13-25-19-7-3-4-12-29(17)19/h1-13H,23H2,(H,26,30)(H,24,27,28). The minimum atomic E-state index is -0.226. The van der Waals surface area contributed by atoms with Crippen molar-refractivity contribution in [2.75, 3.05) is 16.4 Å². The predicted molar refractivity (Wildman–Crippen MR) is 123 cm³/mol. The summed E-state index contributed by atoms with van der Waals surface area (Å²) in [5.41, 5.74) is 9.45. The van der Waals surface area contributed by atoms with Crippen molar-refractivity contribution >= 4 is 45.2 Å². The van der Waals surface area contributed by atoms with E-state index in [1.165, 1.54) is 11.3 Å². The van der Waals surface area contributed by atoms with Crippen molar-refractivity contribution < 1.29 is 4.79 Å². The zero-order valence-corrected chi connectivity index (χ0v) is 17.0. The number of nitrogen functional groups attached to an aromatic ring is 1. The van der Waals surface area contributed by atoms with Crippen molar-refractivity contribution in [2.24, 2.45) is 0 Å². The normalized spacial score (nSPS) is 10.8. The number of pyridine rings is 1. The van der Waals surface area contributed by atoms with Crippen LogP contribution in [0.5, 0.6) is 0 Å². The van der Waals surface area contributed by atoms with E-state index < -0.39 is 0 Å². The van der Waals surface area contributed by atoms with Crippen LogP contribution in [0.2, 0.25) is 0 Å². The number of hydrogen-bond donors (Lipinski definition) is 3. The van der Waals surface area contributed by atoms with Crippen molar-refractivity contribution in [2.45, 2.75) is 0 Å². The molecule has 0 bridgehead atoms. The van der Waals surface area contributed by atoms with Gasteiger partial charge in [-0.2, -0.15) is 0 Å². The van der Waals surface area contributed by atoms with Gasteiger partial charge in [0, 0.05) is 12.4 Å². The van der Waals surface area contributed by atoms with E-state index >= 15 is 0 Å². The average molecular weight is 427 g/mol. The Labute approximate surface area is 181 Å². The highest BCUT2D eigenvalue weighted by molar-refractivity contribution is 7.18. The number of carbonyl (C=O) groups excluding carboxylic acids is 1. The van der Waals surface area contributed by atoms with Crippen LogP contribution >= 0.6 is 11.3 Å². The number of carbonyl (C=O) groups is 1. The smallest absolute Gasteiger partial charge is 0.265 e. The molecule has 5 aromatic rings. The molecule has 4 aromatic heterocycles. The van der Waals surface area contributed by atoms with Crippen LogP contribution in [0.3, 0.4) is 0 Å². The Bertz CT molecular complexity index is 1390. The van der Waals surface area contributed by atoms with Gasteiger partial charge in [-0.1, -0.05) is 18.2 Å². The third-order valence-electron chi connectivity index (χ3n) is 4.61. The van der Waals surface area contributed by atoms with Gasteiger partial charge in [-0.15, -0.1) is 11.3 Å². The van der Waals surface area contributed by atoms with Gasteiger partial charge in [0.05, 0.1) is 38.8 Å². The Kier molecular flexibility index (Phi) is 4.77. The summed E-state index contributed by atoms with van der Waals surface area (Å²) >= 11 is 1.31. The van der Waals surface area contributed by atoms with Crippen molar-refractivity contribution in [3.63, 3.8) is 0 Å². The number of aromatic nitrogens is 4. The molecular formula is C22H17N7OS. The van der Waals surface area contributed by atoms with Gasteiger partial charge in [0.1, 0.15) is 5.65 Å². The van der Waals surface area contributed by atoms with E-state index in [1.807, 2.05) is 53.1 Å². The number of nitrogens with zero attached hydrogens (tertiary/aromatic N) is 4. The number of benzene rings is 1. The molecule has 0 unspecified atom stereocenters. The molecule has 31 heavy (non-hydrogen) atoms. The number of anilines is 4. The number of nitrogens with two attached hydrogens (primary N) is 1. The van der Waals surface area contributed by atoms with Crippen molar-refractivity contribution in [1.82, 2.24) is 19.4 Å². The molecule has 1 amide bonds. The third kappa shape index (κ3) is 3.81. The van der Waals surface area contributed by atoms with Gasteiger partial charge in [-0.25, -0.2) is 15.0 Å². The fourth-order valence-electron chi connectivity index (χ4n) is 3.12. The number of thiophene rings is 1. The number of amides is 1. The summed E-state index contributed by atoms with van der Waals surface area (Å²) < 4.78 is 1.97. The molecule has 152 valence electrons. The van der Waals surface area contributed by atoms with Crippen LogP contribution in [-0.4, -0.2) is 25.3 Å². The summed E-state index contributed by atoms with van der Waals surface area (Å²) in [6, 6.07) is 18.4. The fourth-order valence-corrected chi connectivity index (χ4v) is 3.91. The maximum Gasteiger partial charge on any atom is 0.265 e. The van der Waals surface area contributed by atoms with Crippen LogP contribution in [0, 0.1) is 0 Å². The van der Waals surface area contributed by atoms with E-state index in [1.54, 1.807) is 30.6 Å². The second-order valence-corrected chi connectivity index (χ2v) is 7.75. The van der Waals surface area contributed by atoms with Gasteiger partial charge >= 0.3 is 0 Å². The summed E-state index contributed by atoms with van der Waals surface area (Å²) in [5, 5.41) is 6.74. The molecule has 9 heteroatoms. The maximum absolute atomic E-state index is 12.5. The Hall–Kier alpha value is -4.24. The Morgan fingerprint density at radius 2 is 1.87 bits per heavy atom. The van der Waals surface area contributed by atoms with Crippen LogP contribution < -0.4 is 16.4 Å². The Balaban J connectivity index is 1.34. The first kappa shape index (κ1) is 18.8. The number of hydrogen-bond acceptors (Lipinski definition) is 7. The van der Waals surface area contributed by atoms with E-state index in [9.17, 15) is 4.79 Å². The molecule has 0 aliphatic carbocycles. The van der Waals surface area contributed by atoms with Crippen LogP contribution in [0.4, 0.5) is 22.3 Å². The lowest BCUT2D eigenvalue weighted by Crippen LogP contribution is -2.11. The number of fused-ring (bicyclic) bond motifs is 1. The molecule has 0 atom stereocenters. The summed E-state index contributed by atoms with van der Waals surface area (Å²) in [7, 11) is 0. The van der Waals surface area contributed by atoms with E-state index in [0.717, 1.165) is 22.0 Å². The molecule has 0 aliphatic heterocycles. The van der Waals surface area contributed by atoms with Crippen LogP contribution in [0.25, 0.3) is 17.0 Å². The van der Waals surface area contributed by atoms with Crippen molar-refractivity contribution in [3.8, 4) is 11.4 Å². The van der Waals surface area contributed by atoms with Gasteiger partial charge < -0.3 is 16.4 Å². The lowest BCUT2D eigenvalue weighted by atomic mass is 10.2. The molecule has 0 aliphatic rings. The number of para-hydroxylation sites is 2. The number of imidazole rings is 1. The summed E-state index contributed by atoms with van der Waals surface area (Å²) in [4.78, 5) is 26.4. The highest BCUT2D eigenvalue weighted by Crippen LogP contribution is 2.27. The second kappa shape index (κ2) is 7.88. The predicted octanol–water partition coefficient (Wildman–Crippen LogP) is 4.43. The zero-order chi connectivity index (χ0) is 21.2. The van der Waals surface area contributed by atoms with Crippen molar-refractivity contribution in [3.05, 3.63) is 84.1 Å². The molecule has 4 N–H and O–H groups in total. The van der Waals surface area contributed by atoms with Gasteiger partial charge in [-0.3, -0.25) is 9.20 Å². The van der Waals surface area contributed by atoms with Gasteiger partial charge in [-0.05, 0) is 42.5 Å². The fraction of sp³-hybridized carbons (Fsp3) is 0. The highest BCUT2D eigenvalue weighted by atomic mass is 32.1. The minimum absolute atomic E-state index is 0.226. The highest BCUT2D eigenvalue weighted by Gasteiger charge is 2.13. The summed E-state index contributed by atoms with van der Waals surface area (Å²) in [6.45, 7) is 0. The van der Waals surface area contributed by atoms with Gasteiger partial charge in [0.2, 0.25) is 5.95 Å². The largest absolute Gasteiger partial charge is 0.397 e. The monoisotopic (exact) mass is 427 g/mol. The van der Waals surface area contributed by atoms with E-state index in [0.29, 0.717) is 22.2 Å². The van der Waals surface area contributed by atoms with E-state index in [2.05, 4.69) is 25.6 Å². The topological polar surface area (TPSA) is 110 Å². The maximum atomic E-state index is 12.5. The van der Waals surface area contributed by atoms with E-state index in [-0.39, 0.29) is 5.91 Å². The molecule has 0 saturated carbocycles. The quantitative estimate of drug-likeness (QED) is 0.358. The van der Waals surface area contributed by atoms with Crippen LogP contribution in [0.1, 0.15) is 9.67 Å². The lowest BCUT2D eigenvalue weighted by molar-refractivity contribution is 0.103. The van der Waals surface area contributed by atoms with Gasteiger partial charge in [0.15, 0.2) is 0 Å². The van der Waals surface area contributed by atoms with Gasteiger partial charge in [0.25, 0.3) is 5.91 Å². The van der Waals surface area contributed by atoms with Crippen molar-refractivity contribution in [1.29, 1.82) is 0 Å². The third-order valence-corrected chi connectivity index (χ3v) is 5.61. The second-order valence-electron chi connectivity index (χ2n) is 6.67. The first-order valence-corrected chi connectivity index (χ1v) is 10.3. The number of nitrogens with one attached hydrogen (secondary N) is 2. The molecule has 8 nitrogen and oxygen atoms in total. The summed E-state index contributed by atoms with van der Waals surface area (Å²) in [6.07, 6.45) is 5.41. The molecular weight excluding hydrogens is 410 g/mol. The lowest BCUT2D eigenvalue weighted by Gasteiger charge is -2.06. The zero-order valence-electron chi connectivity index (χ0n) is 16.2. The molecule has 1 aromatic carbocycles. The minimum Gasteiger partial charge on any atom is -0.397 e. The van der Waals surface area contributed by atoms with E-state index in [4.69, 9.17) is 5.73 Å². The van der Waals surface area contributed by atoms with Crippen LogP contribution in [0.15, 0.2) is 79.3 Å². The molecule has 0 saturated heterocycles. The van der Waals surface area contributed by atoms with Crippen LogP contribution in [-0.2, 0) is 0 Å².